The Balaban J connectivity index is 1.65. The number of nitrogens with one attached hydrogen (secondary N) is 2. The quantitative estimate of drug-likeness (QED) is 0.649. The molecule has 0 spiro atoms. The van der Waals surface area contributed by atoms with Gasteiger partial charge in [-0.05, 0) is 25.0 Å². The number of aromatic amines is 1. The van der Waals surface area contributed by atoms with Crippen LogP contribution in [0.1, 0.15) is 12.8 Å². The number of carbonyl (C=O) groups is 1. The Labute approximate surface area is 162 Å². The molecule has 4 heterocycles. The van der Waals surface area contributed by atoms with Gasteiger partial charge < -0.3 is 15.2 Å². The Bertz CT molecular complexity index is 1050. The van der Waals surface area contributed by atoms with Gasteiger partial charge in [0.05, 0.1) is 6.20 Å². The van der Waals surface area contributed by atoms with Crippen molar-refractivity contribution >= 4 is 22.8 Å². The number of hydrogen-bond donors (Lipinski definition) is 2. The molecule has 1 atom stereocenters. The SMILES string of the molecule is O=C(NCC(F)(F)F)[C@@H]1CCCN1c1nc(-c2ccnc3[nH]ccc23)ncc1F. The minimum Gasteiger partial charge on any atom is -0.346 e. The van der Waals surface area contributed by atoms with Gasteiger partial charge in [-0.25, -0.2) is 19.3 Å². The standard InChI is InChI=1S/C18H16F4N6O/c19-12-8-25-15(11-4-6-24-14-10(11)3-5-23-14)27-16(12)28-7-1-2-13(28)17(29)26-9-18(20,21)22/h3-6,8,13H,1-2,7,9H2,(H,23,24)(H,26,29)/t13-/m0/s1. The Morgan fingerprint density at radius 3 is 2.93 bits per heavy atom. The molecule has 0 aliphatic carbocycles. The average molecular weight is 408 g/mol. The Hall–Kier alpha value is -3.24. The van der Waals surface area contributed by atoms with E-state index < -0.39 is 30.5 Å². The summed E-state index contributed by atoms with van der Waals surface area (Å²) >= 11 is 0. The van der Waals surface area contributed by atoms with Crippen molar-refractivity contribution in [1.82, 2.24) is 25.3 Å². The van der Waals surface area contributed by atoms with E-state index in [2.05, 4.69) is 19.9 Å². The molecular weight excluding hydrogens is 392 g/mol. The number of H-pyrrole nitrogens is 1. The lowest BCUT2D eigenvalue weighted by Gasteiger charge is -2.25. The van der Waals surface area contributed by atoms with E-state index >= 15 is 0 Å². The van der Waals surface area contributed by atoms with Crippen molar-refractivity contribution in [3.63, 3.8) is 0 Å². The third-order valence-electron chi connectivity index (χ3n) is 4.72. The highest BCUT2D eigenvalue weighted by Gasteiger charge is 2.36. The Kier molecular flexibility index (Phi) is 4.81. The number of aromatic nitrogens is 4. The molecule has 11 heteroatoms. The molecule has 1 fully saturated rings. The second-order valence-corrected chi connectivity index (χ2v) is 6.65. The summed E-state index contributed by atoms with van der Waals surface area (Å²) in [5.41, 5.74) is 1.23. The van der Waals surface area contributed by atoms with Crippen molar-refractivity contribution < 1.29 is 22.4 Å². The molecule has 0 saturated carbocycles. The van der Waals surface area contributed by atoms with Gasteiger partial charge in [0.1, 0.15) is 18.2 Å². The van der Waals surface area contributed by atoms with Gasteiger partial charge in [-0.15, -0.1) is 0 Å². The maximum atomic E-state index is 14.5. The molecule has 0 aromatic carbocycles. The van der Waals surface area contributed by atoms with Gasteiger partial charge in [-0.1, -0.05) is 0 Å². The van der Waals surface area contributed by atoms with Crippen LogP contribution in [0.2, 0.25) is 0 Å². The molecule has 0 bridgehead atoms. The van der Waals surface area contributed by atoms with Crippen LogP contribution in [0.5, 0.6) is 0 Å². The molecule has 3 aromatic rings. The molecule has 1 aliphatic heterocycles. The minimum atomic E-state index is -4.52. The number of nitrogens with zero attached hydrogens (tertiary/aromatic N) is 4. The van der Waals surface area contributed by atoms with Crippen molar-refractivity contribution in [3.05, 3.63) is 36.5 Å². The first-order chi connectivity index (χ1) is 13.8. The normalized spacial score (nSPS) is 17.1. The van der Waals surface area contributed by atoms with E-state index in [1.807, 2.05) is 5.32 Å². The van der Waals surface area contributed by atoms with Crippen LogP contribution in [0.15, 0.2) is 30.7 Å². The van der Waals surface area contributed by atoms with E-state index in [4.69, 9.17) is 0 Å². The molecule has 7 nitrogen and oxygen atoms in total. The number of carbonyl (C=O) groups excluding carboxylic acids is 1. The van der Waals surface area contributed by atoms with E-state index in [1.165, 1.54) is 4.90 Å². The molecule has 3 aromatic heterocycles. The fourth-order valence-electron chi connectivity index (χ4n) is 3.44. The molecule has 2 N–H and O–H groups in total. The predicted molar refractivity (Wildman–Crippen MR) is 96.5 cm³/mol. The number of amides is 1. The third kappa shape index (κ3) is 3.84. The minimum absolute atomic E-state index is 0.111. The molecule has 4 rings (SSSR count). The number of alkyl halides is 3. The van der Waals surface area contributed by atoms with Crippen molar-refractivity contribution in [3.8, 4) is 11.4 Å². The number of rotatable bonds is 4. The highest BCUT2D eigenvalue weighted by molar-refractivity contribution is 5.91. The summed E-state index contributed by atoms with van der Waals surface area (Å²) in [7, 11) is 0. The maximum absolute atomic E-state index is 14.5. The van der Waals surface area contributed by atoms with Gasteiger partial charge >= 0.3 is 6.18 Å². The lowest BCUT2D eigenvalue weighted by Crippen LogP contribution is -2.46. The molecule has 29 heavy (non-hydrogen) atoms. The lowest BCUT2D eigenvalue weighted by molar-refractivity contribution is -0.139. The molecule has 1 saturated heterocycles. The summed E-state index contributed by atoms with van der Waals surface area (Å²) in [5, 5.41) is 2.61. The summed E-state index contributed by atoms with van der Waals surface area (Å²) in [6.07, 6.45) is 0.576. The summed E-state index contributed by atoms with van der Waals surface area (Å²) in [6.45, 7) is -1.14. The number of fused-ring (bicyclic) bond motifs is 1. The zero-order chi connectivity index (χ0) is 20.6. The molecule has 0 radical (unpaired) electrons. The topological polar surface area (TPSA) is 86.8 Å². The van der Waals surface area contributed by atoms with Crippen LogP contribution in [0.4, 0.5) is 23.4 Å². The van der Waals surface area contributed by atoms with Crippen molar-refractivity contribution in [2.24, 2.45) is 0 Å². The van der Waals surface area contributed by atoms with Crippen LogP contribution in [-0.4, -0.2) is 51.2 Å². The van der Waals surface area contributed by atoms with Crippen LogP contribution < -0.4 is 10.2 Å². The van der Waals surface area contributed by atoms with Gasteiger partial charge in [0.15, 0.2) is 17.5 Å². The molecule has 152 valence electrons. The Morgan fingerprint density at radius 1 is 1.31 bits per heavy atom. The maximum Gasteiger partial charge on any atom is 0.405 e. The Morgan fingerprint density at radius 2 is 2.14 bits per heavy atom. The summed E-state index contributed by atoms with van der Waals surface area (Å²) in [4.78, 5) is 29.1. The highest BCUT2D eigenvalue weighted by atomic mass is 19.4. The molecule has 1 aliphatic rings. The van der Waals surface area contributed by atoms with Gasteiger partial charge in [0, 0.05) is 29.9 Å². The average Bonchev–Trinajstić information content (AvgIpc) is 3.35. The fraction of sp³-hybridized carbons (Fsp3) is 0.333. The second kappa shape index (κ2) is 7.30. The van der Waals surface area contributed by atoms with Crippen LogP contribution in [0, 0.1) is 5.82 Å². The summed E-state index contributed by atoms with van der Waals surface area (Å²) in [5.74, 6) is -1.44. The van der Waals surface area contributed by atoms with Crippen molar-refractivity contribution in [2.45, 2.75) is 25.1 Å². The van der Waals surface area contributed by atoms with Crippen LogP contribution in [-0.2, 0) is 4.79 Å². The molecule has 0 unspecified atom stereocenters. The second-order valence-electron chi connectivity index (χ2n) is 6.65. The van der Waals surface area contributed by atoms with Gasteiger partial charge in [0.2, 0.25) is 5.91 Å². The summed E-state index contributed by atoms with van der Waals surface area (Å²) in [6, 6.07) is 2.54. The lowest BCUT2D eigenvalue weighted by atomic mass is 10.1. The highest BCUT2D eigenvalue weighted by Crippen LogP contribution is 2.30. The van der Waals surface area contributed by atoms with E-state index in [0.29, 0.717) is 30.6 Å². The van der Waals surface area contributed by atoms with E-state index in [9.17, 15) is 22.4 Å². The van der Waals surface area contributed by atoms with Gasteiger partial charge in [0.25, 0.3) is 0 Å². The third-order valence-corrected chi connectivity index (χ3v) is 4.72. The van der Waals surface area contributed by atoms with E-state index in [0.717, 1.165) is 11.6 Å². The molecule has 1 amide bonds. The largest absolute Gasteiger partial charge is 0.405 e. The first-order valence-corrected chi connectivity index (χ1v) is 8.89. The summed E-state index contributed by atoms with van der Waals surface area (Å²) < 4.78 is 51.7. The van der Waals surface area contributed by atoms with E-state index in [-0.39, 0.29) is 11.6 Å². The number of anilines is 1. The molecular formula is C18H16F4N6O. The monoisotopic (exact) mass is 408 g/mol. The zero-order valence-electron chi connectivity index (χ0n) is 15.0. The first kappa shape index (κ1) is 19.1. The first-order valence-electron chi connectivity index (χ1n) is 8.89. The zero-order valence-corrected chi connectivity index (χ0v) is 15.0. The fourth-order valence-corrected chi connectivity index (χ4v) is 3.44. The number of pyridine rings is 1. The van der Waals surface area contributed by atoms with Crippen LogP contribution in [0.25, 0.3) is 22.4 Å². The number of halogens is 4. The number of hydrogen-bond acceptors (Lipinski definition) is 5. The smallest absolute Gasteiger partial charge is 0.346 e. The van der Waals surface area contributed by atoms with Crippen LogP contribution in [0.3, 0.4) is 0 Å². The van der Waals surface area contributed by atoms with Crippen molar-refractivity contribution in [1.29, 1.82) is 0 Å². The van der Waals surface area contributed by atoms with E-state index in [1.54, 1.807) is 24.5 Å². The van der Waals surface area contributed by atoms with Gasteiger partial charge in [-0.3, -0.25) is 4.79 Å². The van der Waals surface area contributed by atoms with Crippen molar-refractivity contribution in [2.75, 3.05) is 18.0 Å². The van der Waals surface area contributed by atoms with Gasteiger partial charge in [-0.2, -0.15) is 13.2 Å². The van der Waals surface area contributed by atoms with Crippen LogP contribution >= 0.6 is 0 Å². The predicted octanol–water partition coefficient (Wildman–Crippen LogP) is 2.81.